The molecule has 0 aliphatic carbocycles. The molecule has 5 nitrogen and oxygen atoms in total. The van der Waals surface area contributed by atoms with Gasteiger partial charge in [0.15, 0.2) is 0 Å². The highest BCUT2D eigenvalue weighted by Gasteiger charge is 2.06. The summed E-state index contributed by atoms with van der Waals surface area (Å²) in [6, 6.07) is 10.1. The molecule has 92 valence electrons. The molecular formula is C13H13N3O2. The first-order valence-electron chi connectivity index (χ1n) is 5.37. The van der Waals surface area contributed by atoms with Crippen LogP contribution < -0.4 is 16.2 Å². The molecule has 1 aromatic carbocycles. The van der Waals surface area contributed by atoms with Gasteiger partial charge < -0.3 is 16.2 Å². The standard InChI is InChI=1S/C13H13N3O2/c1-8-7-9(14)5-6-11(8)18-12-4-2-3-10(16-12)13(15)17/h2-7H,14H2,1H3,(H2,15,17). The summed E-state index contributed by atoms with van der Waals surface area (Å²) in [5.74, 6) is 0.368. The number of amides is 1. The Morgan fingerprint density at radius 2 is 2.06 bits per heavy atom. The number of nitrogen functional groups attached to an aromatic ring is 1. The normalized spacial score (nSPS) is 10.1. The van der Waals surface area contributed by atoms with Crippen LogP contribution in [0.15, 0.2) is 36.4 Å². The molecule has 0 fully saturated rings. The number of nitrogens with two attached hydrogens (primary N) is 2. The highest BCUT2D eigenvalue weighted by molar-refractivity contribution is 5.90. The number of aromatic nitrogens is 1. The zero-order chi connectivity index (χ0) is 13.1. The molecule has 0 spiro atoms. The van der Waals surface area contributed by atoms with Crippen molar-refractivity contribution in [2.75, 3.05) is 5.73 Å². The lowest BCUT2D eigenvalue weighted by Gasteiger charge is -2.08. The molecule has 0 bridgehead atoms. The highest BCUT2D eigenvalue weighted by atomic mass is 16.5. The molecular weight excluding hydrogens is 230 g/mol. The molecule has 0 radical (unpaired) electrons. The van der Waals surface area contributed by atoms with Gasteiger partial charge in [-0.05, 0) is 36.8 Å². The van der Waals surface area contributed by atoms with Gasteiger partial charge in [-0.1, -0.05) is 6.07 Å². The van der Waals surface area contributed by atoms with Gasteiger partial charge >= 0.3 is 0 Å². The first-order valence-corrected chi connectivity index (χ1v) is 5.37. The highest BCUT2D eigenvalue weighted by Crippen LogP contribution is 2.25. The van der Waals surface area contributed by atoms with Gasteiger partial charge in [-0.3, -0.25) is 4.79 Å². The number of nitrogens with zero attached hydrogens (tertiary/aromatic N) is 1. The zero-order valence-corrected chi connectivity index (χ0v) is 9.88. The molecule has 4 N–H and O–H groups in total. The summed E-state index contributed by atoms with van der Waals surface area (Å²) in [5.41, 5.74) is 12.5. The van der Waals surface area contributed by atoms with Crippen molar-refractivity contribution in [1.29, 1.82) is 0 Å². The van der Waals surface area contributed by atoms with E-state index >= 15 is 0 Å². The summed E-state index contributed by atoms with van der Waals surface area (Å²) >= 11 is 0. The Hall–Kier alpha value is -2.56. The number of hydrogen-bond donors (Lipinski definition) is 2. The Bertz CT molecular complexity index is 597. The lowest BCUT2D eigenvalue weighted by atomic mass is 10.2. The molecule has 0 aliphatic heterocycles. The summed E-state index contributed by atoms with van der Waals surface area (Å²) in [7, 11) is 0. The monoisotopic (exact) mass is 243 g/mol. The minimum atomic E-state index is -0.588. The zero-order valence-electron chi connectivity index (χ0n) is 9.88. The predicted molar refractivity (Wildman–Crippen MR) is 68.4 cm³/mol. The molecule has 1 heterocycles. The lowest BCUT2D eigenvalue weighted by Crippen LogP contribution is -2.12. The van der Waals surface area contributed by atoms with Crippen LogP contribution in [-0.4, -0.2) is 10.9 Å². The molecule has 0 saturated heterocycles. The molecule has 0 atom stereocenters. The summed E-state index contributed by atoms with van der Waals surface area (Å²) in [6.45, 7) is 1.88. The van der Waals surface area contributed by atoms with Crippen LogP contribution in [0.5, 0.6) is 11.6 Å². The van der Waals surface area contributed by atoms with Crippen LogP contribution in [0.4, 0.5) is 5.69 Å². The third-order valence-corrected chi connectivity index (χ3v) is 2.39. The van der Waals surface area contributed by atoms with E-state index in [0.29, 0.717) is 17.3 Å². The molecule has 1 amide bonds. The van der Waals surface area contributed by atoms with Crippen LogP contribution in [0, 0.1) is 6.92 Å². The van der Waals surface area contributed by atoms with Crippen molar-refractivity contribution in [2.45, 2.75) is 6.92 Å². The maximum atomic E-state index is 11.0. The second kappa shape index (κ2) is 4.75. The number of anilines is 1. The number of aryl methyl sites for hydroxylation is 1. The smallest absolute Gasteiger partial charge is 0.267 e. The summed E-state index contributed by atoms with van der Waals surface area (Å²) in [4.78, 5) is 15.0. The molecule has 1 aromatic heterocycles. The van der Waals surface area contributed by atoms with Crippen molar-refractivity contribution < 1.29 is 9.53 Å². The van der Waals surface area contributed by atoms with Crippen LogP contribution in [0.3, 0.4) is 0 Å². The maximum Gasteiger partial charge on any atom is 0.267 e. The Morgan fingerprint density at radius 3 is 2.72 bits per heavy atom. The van der Waals surface area contributed by atoms with Crippen LogP contribution in [0.2, 0.25) is 0 Å². The van der Waals surface area contributed by atoms with Gasteiger partial charge in [0.1, 0.15) is 11.4 Å². The van der Waals surface area contributed by atoms with Gasteiger partial charge in [0.25, 0.3) is 5.91 Å². The Balaban J connectivity index is 2.28. The third-order valence-electron chi connectivity index (χ3n) is 2.39. The van der Waals surface area contributed by atoms with Crippen molar-refractivity contribution in [1.82, 2.24) is 4.98 Å². The number of ether oxygens (including phenoxy) is 1. The lowest BCUT2D eigenvalue weighted by molar-refractivity contribution is 0.0995. The van der Waals surface area contributed by atoms with Gasteiger partial charge in [-0.2, -0.15) is 0 Å². The van der Waals surface area contributed by atoms with Crippen molar-refractivity contribution in [2.24, 2.45) is 5.73 Å². The second-order valence-corrected chi connectivity index (χ2v) is 3.85. The molecule has 0 aliphatic rings. The molecule has 2 rings (SSSR count). The molecule has 5 heteroatoms. The molecule has 18 heavy (non-hydrogen) atoms. The fourth-order valence-electron chi connectivity index (χ4n) is 1.51. The van der Waals surface area contributed by atoms with E-state index in [2.05, 4.69) is 4.98 Å². The van der Waals surface area contributed by atoms with E-state index in [1.54, 1.807) is 30.3 Å². The predicted octanol–water partition coefficient (Wildman–Crippen LogP) is 1.86. The van der Waals surface area contributed by atoms with Crippen molar-refractivity contribution in [3.8, 4) is 11.6 Å². The number of pyridine rings is 1. The second-order valence-electron chi connectivity index (χ2n) is 3.85. The van der Waals surface area contributed by atoms with Crippen LogP contribution in [0.25, 0.3) is 0 Å². The van der Waals surface area contributed by atoms with Gasteiger partial charge in [0.05, 0.1) is 0 Å². The third kappa shape index (κ3) is 2.57. The molecule has 0 saturated carbocycles. The minimum absolute atomic E-state index is 0.167. The fourth-order valence-corrected chi connectivity index (χ4v) is 1.51. The SMILES string of the molecule is Cc1cc(N)ccc1Oc1cccc(C(N)=O)n1. The summed E-state index contributed by atoms with van der Waals surface area (Å²) in [6.07, 6.45) is 0. The number of primary amides is 1. The maximum absolute atomic E-state index is 11.0. The van der Waals surface area contributed by atoms with E-state index in [1.165, 1.54) is 6.07 Å². The first-order chi connectivity index (χ1) is 8.56. The summed E-state index contributed by atoms with van der Waals surface area (Å²) in [5, 5.41) is 0. The molecule has 2 aromatic rings. The first kappa shape index (κ1) is 11.9. The van der Waals surface area contributed by atoms with Crippen LogP contribution >= 0.6 is 0 Å². The van der Waals surface area contributed by atoms with E-state index in [4.69, 9.17) is 16.2 Å². The van der Waals surface area contributed by atoms with Gasteiger partial charge in [0, 0.05) is 11.8 Å². The van der Waals surface area contributed by atoms with E-state index in [1.807, 2.05) is 6.92 Å². The van der Waals surface area contributed by atoms with Crippen molar-refractivity contribution in [3.05, 3.63) is 47.7 Å². The van der Waals surface area contributed by atoms with E-state index in [0.717, 1.165) is 5.56 Å². The van der Waals surface area contributed by atoms with E-state index in [9.17, 15) is 4.79 Å². The quantitative estimate of drug-likeness (QED) is 0.805. The van der Waals surface area contributed by atoms with Gasteiger partial charge in [-0.15, -0.1) is 0 Å². The summed E-state index contributed by atoms with van der Waals surface area (Å²) < 4.78 is 5.58. The topological polar surface area (TPSA) is 91.2 Å². The Kier molecular flexibility index (Phi) is 3.14. The van der Waals surface area contributed by atoms with Crippen molar-refractivity contribution >= 4 is 11.6 Å². The average Bonchev–Trinajstić information content (AvgIpc) is 2.33. The largest absolute Gasteiger partial charge is 0.439 e. The minimum Gasteiger partial charge on any atom is -0.439 e. The molecule has 0 unspecified atom stereocenters. The number of benzene rings is 1. The van der Waals surface area contributed by atoms with Crippen molar-refractivity contribution in [3.63, 3.8) is 0 Å². The number of carbonyl (C=O) groups excluding carboxylic acids is 1. The Labute approximate surface area is 104 Å². The number of hydrogen-bond acceptors (Lipinski definition) is 4. The Morgan fingerprint density at radius 1 is 1.28 bits per heavy atom. The fraction of sp³-hybridized carbons (Fsp3) is 0.0769. The van der Waals surface area contributed by atoms with Crippen LogP contribution in [0.1, 0.15) is 16.1 Å². The van der Waals surface area contributed by atoms with Gasteiger partial charge in [0.2, 0.25) is 5.88 Å². The number of rotatable bonds is 3. The average molecular weight is 243 g/mol. The van der Waals surface area contributed by atoms with Crippen LogP contribution in [-0.2, 0) is 0 Å². The van der Waals surface area contributed by atoms with Gasteiger partial charge in [-0.25, -0.2) is 4.98 Å². The van der Waals surface area contributed by atoms with E-state index in [-0.39, 0.29) is 5.69 Å². The number of carbonyl (C=O) groups is 1. The van der Waals surface area contributed by atoms with E-state index < -0.39 is 5.91 Å².